The molecule has 0 amide bonds. The molecule has 1 aliphatic heterocycles. The normalized spacial score (nSPS) is 19.3. The number of hydrogen-bond donors (Lipinski definition) is 0. The van der Waals surface area contributed by atoms with Crippen molar-refractivity contribution in [3.8, 4) is 0 Å². The van der Waals surface area contributed by atoms with Gasteiger partial charge in [0.05, 0.1) is 17.7 Å². The molecule has 2 aromatic rings. The highest BCUT2D eigenvalue weighted by Crippen LogP contribution is 2.19. The first kappa shape index (κ1) is 15.5. The van der Waals surface area contributed by atoms with Crippen LogP contribution in [0.25, 0.3) is 0 Å². The first-order chi connectivity index (χ1) is 10.7. The van der Waals surface area contributed by atoms with E-state index in [0.29, 0.717) is 0 Å². The van der Waals surface area contributed by atoms with E-state index in [-0.39, 0.29) is 16.9 Å². The van der Waals surface area contributed by atoms with Crippen molar-refractivity contribution >= 4 is 11.6 Å². The zero-order chi connectivity index (χ0) is 15.4. The molecule has 0 aliphatic carbocycles. The van der Waals surface area contributed by atoms with E-state index >= 15 is 0 Å². The van der Waals surface area contributed by atoms with Gasteiger partial charge in [-0.1, -0.05) is 48.0 Å². The molecule has 0 bridgehead atoms. The Morgan fingerprint density at radius 1 is 1.14 bits per heavy atom. The number of hydrogen-bond acceptors (Lipinski definition) is 2. The van der Waals surface area contributed by atoms with Crippen LogP contribution < -0.4 is 0 Å². The number of ether oxygens (including phenoxy) is 1. The highest BCUT2D eigenvalue weighted by molar-refractivity contribution is 6.30. The molecule has 0 radical (unpaired) electrons. The van der Waals surface area contributed by atoms with Gasteiger partial charge in [-0.2, -0.15) is 0 Å². The Morgan fingerprint density at radius 2 is 1.95 bits per heavy atom. The monoisotopic (exact) mass is 319 g/mol. The first-order valence-corrected chi connectivity index (χ1v) is 7.90. The number of morpholine rings is 1. The van der Waals surface area contributed by atoms with Crippen LogP contribution in [0.4, 0.5) is 4.39 Å². The van der Waals surface area contributed by atoms with Crippen molar-refractivity contribution in [3.05, 3.63) is 70.5 Å². The molecule has 0 aromatic heterocycles. The first-order valence-electron chi connectivity index (χ1n) is 7.52. The summed E-state index contributed by atoms with van der Waals surface area (Å²) in [6.45, 7) is 3.48. The minimum Gasteiger partial charge on any atom is -0.375 e. The Balaban J connectivity index is 1.59. The minimum atomic E-state index is -0.374. The molecule has 1 aliphatic rings. The van der Waals surface area contributed by atoms with Crippen molar-refractivity contribution in [2.75, 3.05) is 19.7 Å². The van der Waals surface area contributed by atoms with Crippen molar-refractivity contribution in [2.45, 2.75) is 19.1 Å². The topological polar surface area (TPSA) is 12.5 Å². The number of nitrogens with zero attached hydrogens (tertiary/aromatic N) is 1. The van der Waals surface area contributed by atoms with Gasteiger partial charge in [0, 0.05) is 19.6 Å². The number of halogens is 2. The SMILES string of the molecule is Fc1ccc(CC2CN(Cc3ccccc3)CCO2)cc1Cl. The lowest BCUT2D eigenvalue weighted by atomic mass is 10.1. The van der Waals surface area contributed by atoms with Crippen LogP contribution in [-0.4, -0.2) is 30.7 Å². The van der Waals surface area contributed by atoms with Gasteiger partial charge >= 0.3 is 0 Å². The van der Waals surface area contributed by atoms with E-state index in [0.717, 1.165) is 38.2 Å². The average Bonchev–Trinajstić information content (AvgIpc) is 2.52. The molecule has 2 nitrogen and oxygen atoms in total. The fourth-order valence-corrected chi connectivity index (χ4v) is 3.02. The molecule has 22 heavy (non-hydrogen) atoms. The molecule has 2 aromatic carbocycles. The Labute approximate surface area is 135 Å². The maximum atomic E-state index is 13.2. The Hall–Kier alpha value is -1.42. The summed E-state index contributed by atoms with van der Waals surface area (Å²) in [4.78, 5) is 2.40. The standard InChI is InChI=1S/C18H19ClFNO/c19-17-11-15(6-7-18(17)20)10-16-13-21(8-9-22-16)12-14-4-2-1-3-5-14/h1-7,11,16H,8-10,12-13H2. The van der Waals surface area contributed by atoms with Crippen LogP contribution in [0, 0.1) is 5.82 Å². The largest absolute Gasteiger partial charge is 0.375 e. The Bertz CT molecular complexity index is 620. The quantitative estimate of drug-likeness (QED) is 0.847. The van der Waals surface area contributed by atoms with Crippen LogP contribution in [0.5, 0.6) is 0 Å². The van der Waals surface area contributed by atoms with Crippen molar-refractivity contribution in [1.82, 2.24) is 4.90 Å². The summed E-state index contributed by atoms with van der Waals surface area (Å²) in [6, 6.07) is 15.3. The molecule has 0 N–H and O–H groups in total. The fourth-order valence-electron chi connectivity index (χ4n) is 2.82. The molecule has 1 heterocycles. The van der Waals surface area contributed by atoms with Crippen molar-refractivity contribution in [3.63, 3.8) is 0 Å². The number of benzene rings is 2. The Morgan fingerprint density at radius 3 is 2.73 bits per heavy atom. The van der Waals surface area contributed by atoms with Gasteiger partial charge in [-0.3, -0.25) is 4.90 Å². The Kier molecular flexibility index (Phi) is 5.08. The number of rotatable bonds is 4. The lowest BCUT2D eigenvalue weighted by Crippen LogP contribution is -2.42. The summed E-state index contributed by atoms with van der Waals surface area (Å²) < 4.78 is 19.1. The second kappa shape index (κ2) is 7.23. The zero-order valence-electron chi connectivity index (χ0n) is 12.3. The smallest absolute Gasteiger partial charge is 0.141 e. The van der Waals surface area contributed by atoms with Crippen LogP contribution in [-0.2, 0) is 17.7 Å². The van der Waals surface area contributed by atoms with Gasteiger partial charge in [0.15, 0.2) is 0 Å². The molecular weight excluding hydrogens is 301 g/mol. The predicted octanol–water partition coefficient (Wildman–Crippen LogP) is 3.92. The van der Waals surface area contributed by atoms with Crippen LogP contribution in [0.2, 0.25) is 5.02 Å². The van der Waals surface area contributed by atoms with E-state index in [1.165, 1.54) is 11.6 Å². The summed E-state index contributed by atoms with van der Waals surface area (Å²) in [5.74, 6) is -0.374. The summed E-state index contributed by atoms with van der Waals surface area (Å²) in [5, 5.41) is 0.175. The maximum absolute atomic E-state index is 13.2. The summed E-state index contributed by atoms with van der Waals surface area (Å²) in [6.07, 6.45) is 0.879. The lowest BCUT2D eigenvalue weighted by Gasteiger charge is -2.33. The molecule has 0 saturated carbocycles. The second-order valence-corrected chi connectivity index (χ2v) is 6.07. The molecule has 3 rings (SSSR count). The summed E-state index contributed by atoms with van der Waals surface area (Å²) >= 11 is 5.84. The molecule has 1 atom stereocenters. The second-order valence-electron chi connectivity index (χ2n) is 5.67. The van der Waals surface area contributed by atoms with Crippen LogP contribution in [0.1, 0.15) is 11.1 Å². The summed E-state index contributed by atoms with van der Waals surface area (Å²) in [5.41, 5.74) is 2.32. The predicted molar refractivity (Wildman–Crippen MR) is 86.6 cm³/mol. The van der Waals surface area contributed by atoms with Crippen LogP contribution in [0.3, 0.4) is 0 Å². The fraction of sp³-hybridized carbons (Fsp3) is 0.333. The van der Waals surface area contributed by atoms with Gasteiger partial charge in [0.2, 0.25) is 0 Å². The van der Waals surface area contributed by atoms with Crippen molar-refractivity contribution in [2.24, 2.45) is 0 Å². The van der Waals surface area contributed by atoms with E-state index in [1.54, 1.807) is 12.1 Å². The van der Waals surface area contributed by atoms with Crippen LogP contribution >= 0.6 is 11.6 Å². The van der Waals surface area contributed by atoms with E-state index in [9.17, 15) is 4.39 Å². The van der Waals surface area contributed by atoms with E-state index in [1.807, 2.05) is 6.07 Å². The molecule has 0 spiro atoms. The van der Waals surface area contributed by atoms with Gasteiger partial charge in [0.1, 0.15) is 5.82 Å². The third-order valence-electron chi connectivity index (χ3n) is 3.92. The van der Waals surface area contributed by atoms with E-state index < -0.39 is 0 Å². The maximum Gasteiger partial charge on any atom is 0.141 e. The molecule has 4 heteroatoms. The third kappa shape index (κ3) is 4.07. The summed E-state index contributed by atoms with van der Waals surface area (Å²) in [7, 11) is 0. The van der Waals surface area contributed by atoms with Crippen molar-refractivity contribution < 1.29 is 9.13 Å². The van der Waals surface area contributed by atoms with Gasteiger partial charge < -0.3 is 4.74 Å². The molecule has 1 saturated heterocycles. The molecular formula is C18H19ClFNO. The van der Waals surface area contributed by atoms with Gasteiger partial charge in [0.25, 0.3) is 0 Å². The highest BCUT2D eigenvalue weighted by Gasteiger charge is 2.21. The average molecular weight is 320 g/mol. The van der Waals surface area contributed by atoms with Crippen molar-refractivity contribution in [1.29, 1.82) is 0 Å². The van der Waals surface area contributed by atoms with Gasteiger partial charge in [-0.25, -0.2) is 4.39 Å². The zero-order valence-corrected chi connectivity index (χ0v) is 13.1. The molecule has 116 valence electrons. The molecule has 1 fully saturated rings. The van der Waals surface area contributed by atoms with E-state index in [4.69, 9.17) is 16.3 Å². The highest BCUT2D eigenvalue weighted by atomic mass is 35.5. The minimum absolute atomic E-state index is 0.124. The van der Waals surface area contributed by atoms with Gasteiger partial charge in [-0.15, -0.1) is 0 Å². The van der Waals surface area contributed by atoms with Gasteiger partial charge in [-0.05, 0) is 29.7 Å². The van der Waals surface area contributed by atoms with Crippen LogP contribution in [0.15, 0.2) is 48.5 Å². The molecule has 1 unspecified atom stereocenters. The third-order valence-corrected chi connectivity index (χ3v) is 4.21. The lowest BCUT2D eigenvalue weighted by molar-refractivity contribution is -0.0305. The van der Waals surface area contributed by atoms with E-state index in [2.05, 4.69) is 29.2 Å².